The van der Waals surface area contributed by atoms with Gasteiger partial charge in [-0.25, -0.2) is 9.97 Å². The first-order valence-electron chi connectivity index (χ1n) is 11.6. The van der Waals surface area contributed by atoms with E-state index in [-0.39, 0.29) is 5.91 Å². The summed E-state index contributed by atoms with van der Waals surface area (Å²) in [7, 11) is 0. The zero-order valence-corrected chi connectivity index (χ0v) is 21.0. The number of carbonyl (C=O) groups excluding carboxylic acids is 1. The molecule has 3 aromatic carbocycles. The highest BCUT2D eigenvalue weighted by molar-refractivity contribution is 7.14. The van der Waals surface area contributed by atoms with E-state index >= 15 is 0 Å². The largest absolute Gasteiger partial charge is 0.298 e. The maximum Gasteiger partial charge on any atom is 0.258 e. The highest BCUT2D eigenvalue weighted by Crippen LogP contribution is 2.31. The monoisotopic (exact) mass is 497 g/mol. The lowest BCUT2D eigenvalue weighted by Crippen LogP contribution is -2.13. The van der Waals surface area contributed by atoms with Crippen LogP contribution < -0.4 is 5.32 Å². The summed E-state index contributed by atoms with van der Waals surface area (Å²) < 4.78 is 0. The fraction of sp³-hybridized carbons (Fsp3) is 0.138. The molecule has 35 heavy (non-hydrogen) atoms. The summed E-state index contributed by atoms with van der Waals surface area (Å²) in [6.45, 7) is 4.42. The summed E-state index contributed by atoms with van der Waals surface area (Å²) in [5, 5.41) is 6.86. The van der Waals surface area contributed by atoms with Gasteiger partial charge in [-0.05, 0) is 36.1 Å². The maximum absolute atomic E-state index is 13.4. The predicted molar refractivity (Wildman–Crippen MR) is 146 cm³/mol. The summed E-state index contributed by atoms with van der Waals surface area (Å²) in [5.41, 5.74) is 5.89. The second-order valence-corrected chi connectivity index (χ2v) is 9.74. The van der Waals surface area contributed by atoms with Gasteiger partial charge < -0.3 is 0 Å². The second-order valence-electron chi connectivity index (χ2n) is 8.48. The van der Waals surface area contributed by atoms with E-state index < -0.39 is 0 Å². The number of nitrogens with one attached hydrogen (secondary N) is 1. The van der Waals surface area contributed by atoms with Crippen LogP contribution in [0.25, 0.3) is 33.4 Å². The zero-order chi connectivity index (χ0) is 24.4. The van der Waals surface area contributed by atoms with E-state index in [0.717, 1.165) is 34.1 Å². The number of halogens is 1. The Labute approximate surface area is 213 Å². The minimum absolute atomic E-state index is 0.232. The number of thiazole rings is 1. The molecule has 0 radical (unpaired) electrons. The average Bonchev–Trinajstić information content (AvgIpc) is 3.36. The standard InChI is InChI=1S/C29H24ClN3OS/c1-3-18(2)19-12-14-20(15-13-19)27-17-35-29(32-27)33-28(34)23-16-26(22-9-4-6-10-24(22)30)31-25-11-7-5-8-21(23)25/h4-18H,3H2,1-2H3,(H,32,33,34). The zero-order valence-electron chi connectivity index (χ0n) is 19.5. The fourth-order valence-electron chi connectivity index (χ4n) is 4.02. The molecule has 6 heteroatoms. The van der Waals surface area contributed by atoms with Crippen molar-refractivity contribution in [2.45, 2.75) is 26.2 Å². The number of hydrogen-bond acceptors (Lipinski definition) is 4. The molecule has 1 atom stereocenters. The Bertz CT molecular complexity index is 1510. The topological polar surface area (TPSA) is 54.9 Å². The van der Waals surface area contributed by atoms with Gasteiger partial charge in [0, 0.05) is 26.9 Å². The highest BCUT2D eigenvalue weighted by Gasteiger charge is 2.17. The number of hydrogen-bond donors (Lipinski definition) is 1. The molecule has 1 unspecified atom stereocenters. The van der Waals surface area contributed by atoms with Crippen molar-refractivity contribution in [1.82, 2.24) is 9.97 Å². The number of aromatic nitrogens is 2. The van der Waals surface area contributed by atoms with E-state index in [0.29, 0.717) is 27.3 Å². The van der Waals surface area contributed by atoms with Crippen molar-refractivity contribution < 1.29 is 4.79 Å². The molecular weight excluding hydrogens is 474 g/mol. The first-order valence-corrected chi connectivity index (χ1v) is 12.8. The van der Waals surface area contributed by atoms with Gasteiger partial charge in [-0.3, -0.25) is 10.1 Å². The molecule has 0 bridgehead atoms. The van der Waals surface area contributed by atoms with Crippen LogP contribution in [0, 0.1) is 0 Å². The molecule has 0 saturated carbocycles. The van der Waals surface area contributed by atoms with Crippen molar-refractivity contribution in [2.75, 3.05) is 5.32 Å². The second kappa shape index (κ2) is 9.98. The van der Waals surface area contributed by atoms with Gasteiger partial charge in [0.2, 0.25) is 0 Å². The number of para-hydroxylation sites is 1. The van der Waals surface area contributed by atoms with Crippen molar-refractivity contribution >= 4 is 44.9 Å². The first kappa shape index (κ1) is 23.2. The van der Waals surface area contributed by atoms with E-state index in [1.54, 1.807) is 6.07 Å². The number of rotatable bonds is 6. The molecule has 174 valence electrons. The van der Waals surface area contributed by atoms with Gasteiger partial charge in [-0.2, -0.15) is 0 Å². The van der Waals surface area contributed by atoms with Crippen LogP contribution >= 0.6 is 22.9 Å². The van der Waals surface area contributed by atoms with Crippen LogP contribution in [0.2, 0.25) is 5.02 Å². The van der Waals surface area contributed by atoms with Gasteiger partial charge in [0.25, 0.3) is 5.91 Å². The number of fused-ring (bicyclic) bond motifs is 1. The molecule has 0 aliphatic rings. The number of nitrogens with zero attached hydrogens (tertiary/aromatic N) is 2. The van der Waals surface area contributed by atoms with Crippen molar-refractivity contribution in [3.05, 3.63) is 100 Å². The van der Waals surface area contributed by atoms with Crippen LogP contribution in [0.5, 0.6) is 0 Å². The minimum atomic E-state index is -0.232. The number of amides is 1. The molecule has 5 rings (SSSR count). The van der Waals surface area contributed by atoms with Crippen molar-refractivity contribution in [3.8, 4) is 22.5 Å². The van der Waals surface area contributed by atoms with Crippen molar-refractivity contribution in [2.24, 2.45) is 0 Å². The normalized spacial score (nSPS) is 12.0. The smallest absolute Gasteiger partial charge is 0.258 e. The molecule has 1 amide bonds. The molecular formula is C29H24ClN3OS. The van der Waals surface area contributed by atoms with Crippen LogP contribution in [0.1, 0.15) is 42.1 Å². The van der Waals surface area contributed by atoms with Crippen LogP contribution in [0.15, 0.2) is 84.2 Å². The molecule has 4 nitrogen and oxygen atoms in total. The van der Waals surface area contributed by atoms with Crippen molar-refractivity contribution in [3.63, 3.8) is 0 Å². The van der Waals surface area contributed by atoms with E-state index in [1.807, 2.05) is 53.9 Å². The summed E-state index contributed by atoms with van der Waals surface area (Å²) in [5.74, 6) is 0.296. The van der Waals surface area contributed by atoms with E-state index in [1.165, 1.54) is 16.9 Å². The molecule has 0 spiro atoms. The lowest BCUT2D eigenvalue weighted by atomic mass is 9.97. The van der Waals surface area contributed by atoms with Gasteiger partial charge in [-0.15, -0.1) is 11.3 Å². The molecule has 0 fully saturated rings. The summed E-state index contributed by atoms with van der Waals surface area (Å²) in [6, 6.07) is 25.4. The van der Waals surface area contributed by atoms with Crippen LogP contribution in [0.3, 0.4) is 0 Å². The Morgan fingerprint density at radius 3 is 2.49 bits per heavy atom. The third-order valence-corrected chi connectivity index (χ3v) is 7.31. The summed E-state index contributed by atoms with van der Waals surface area (Å²) in [4.78, 5) is 22.8. The quantitative estimate of drug-likeness (QED) is 0.256. The van der Waals surface area contributed by atoms with Gasteiger partial charge in [0.05, 0.1) is 22.5 Å². The van der Waals surface area contributed by atoms with Gasteiger partial charge >= 0.3 is 0 Å². The number of carbonyl (C=O) groups is 1. The van der Waals surface area contributed by atoms with Gasteiger partial charge in [0.15, 0.2) is 5.13 Å². The molecule has 0 saturated heterocycles. The third kappa shape index (κ3) is 4.83. The van der Waals surface area contributed by atoms with Crippen molar-refractivity contribution in [1.29, 1.82) is 0 Å². The lowest BCUT2D eigenvalue weighted by Gasteiger charge is -2.10. The maximum atomic E-state index is 13.4. The third-order valence-electron chi connectivity index (χ3n) is 6.22. The van der Waals surface area contributed by atoms with Gasteiger partial charge in [0.1, 0.15) is 0 Å². The average molecular weight is 498 g/mol. The lowest BCUT2D eigenvalue weighted by molar-refractivity contribution is 0.102. The minimum Gasteiger partial charge on any atom is -0.298 e. The molecule has 2 heterocycles. The summed E-state index contributed by atoms with van der Waals surface area (Å²) >= 11 is 7.83. The molecule has 1 N–H and O–H groups in total. The summed E-state index contributed by atoms with van der Waals surface area (Å²) in [6.07, 6.45) is 1.11. The molecule has 2 aromatic heterocycles. The molecule has 0 aliphatic heterocycles. The number of pyridine rings is 1. The Morgan fingerprint density at radius 1 is 0.971 bits per heavy atom. The van der Waals surface area contributed by atoms with E-state index in [2.05, 4.69) is 48.4 Å². The Hall–Kier alpha value is -3.54. The fourth-order valence-corrected chi connectivity index (χ4v) is 4.96. The van der Waals surface area contributed by atoms with Crippen LogP contribution in [-0.4, -0.2) is 15.9 Å². The van der Waals surface area contributed by atoms with E-state index in [4.69, 9.17) is 16.6 Å². The Balaban J connectivity index is 1.45. The Morgan fingerprint density at radius 2 is 1.71 bits per heavy atom. The predicted octanol–water partition coefficient (Wildman–Crippen LogP) is 8.44. The van der Waals surface area contributed by atoms with Crippen LogP contribution in [0.4, 0.5) is 5.13 Å². The number of anilines is 1. The number of benzene rings is 3. The van der Waals surface area contributed by atoms with Crippen LogP contribution in [-0.2, 0) is 0 Å². The molecule has 0 aliphatic carbocycles. The molecule has 5 aromatic rings. The Kier molecular flexibility index (Phi) is 6.62. The highest BCUT2D eigenvalue weighted by atomic mass is 35.5. The van der Waals surface area contributed by atoms with E-state index in [9.17, 15) is 4.79 Å². The first-order chi connectivity index (χ1) is 17.0. The SMILES string of the molecule is CCC(C)c1ccc(-c2csc(NC(=O)c3cc(-c4ccccc4Cl)nc4ccccc34)n2)cc1. The van der Waals surface area contributed by atoms with Gasteiger partial charge in [-0.1, -0.05) is 86.1 Å².